The summed E-state index contributed by atoms with van der Waals surface area (Å²) in [5, 5.41) is 10.9. The van der Waals surface area contributed by atoms with Crippen LogP contribution in [0.15, 0.2) is 61.1 Å². The van der Waals surface area contributed by atoms with Crippen LogP contribution in [0.2, 0.25) is 0 Å². The Morgan fingerprint density at radius 3 is 2.62 bits per heavy atom. The van der Waals surface area contributed by atoms with Gasteiger partial charge in [0.05, 0.1) is 11.9 Å². The zero-order valence-electron chi connectivity index (χ0n) is 22.8. The second kappa shape index (κ2) is 10.6. The van der Waals surface area contributed by atoms with Gasteiger partial charge in [-0.05, 0) is 73.0 Å². The van der Waals surface area contributed by atoms with Gasteiger partial charge in [0.1, 0.15) is 28.4 Å². The highest BCUT2D eigenvalue weighted by Gasteiger charge is 2.19. The molecule has 0 atom stereocenters. The molecule has 13 heteroatoms. The highest BCUT2D eigenvalue weighted by molar-refractivity contribution is 7.88. The van der Waals surface area contributed by atoms with Crippen LogP contribution in [-0.4, -0.2) is 50.8 Å². The van der Waals surface area contributed by atoms with Crippen LogP contribution in [0.1, 0.15) is 19.4 Å². The predicted octanol–water partition coefficient (Wildman–Crippen LogP) is 5.38. The van der Waals surface area contributed by atoms with Crippen molar-refractivity contribution in [3.63, 3.8) is 0 Å². The fourth-order valence-corrected chi connectivity index (χ4v) is 5.24. The van der Waals surface area contributed by atoms with Crippen LogP contribution in [0.3, 0.4) is 0 Å². The normalized spacial score (nSPS) is 12.0. The van der Waals surface area contributed by atoms with Gasteiger partial charge in [0.2, 0.25) is 10.0 Å². The summed E-state index contributed by atoms with van der Waals surface area (Å²) in [5.74, 6) is -0.660. The number of nitrogens with zero attached hydrogens (tertiary/aromatic N) is 4. The Labute approximate surface area is 239 Å². The van der Waals surface area contributed by atoms with Crippen LogP contribution in [0, 0.1) is 11.6 Å². The third-order valence-electron chi connectivity index (χ3n) is 6.57. The molecule has 0 aliphatic rings. The number of halogens is 2. The van der Waals surface area contributed by atoms with Crippen molar-refractivity contribution < 1.29 is 17.2 Å². The maximum atomic E-state index is 15.2. The second-order valence-electron chi connectivity index (χ2n) is 10.3. The van der Waals surface area contributed by atoms with Gasteiger partial charge >= 0.3 is 0 Å². The lowest BCUT2D eigenvalue weighted by Gasteiger charge is -2.11. The van der Waals surface area contributed by atoms with Crippen LogP contribution in [0.4, 0.5) is 14.5 Å². The third-order valence-corrected chi connectivity index (χ3v) is 7.24. The average molecular weight is 589 g/mol. The number of imidazole rings is 1. The Morgan fingerprint density at radius 2 is 1.83 bits per heavy atom. The van der Waals surface area contributed by atoms with Crippen LogP contribution in [-0.2, 0) is 16.6 Å². The molecule has 6 rings (SSSR count). The summed E-state index contributed by atoms with van der Waals surface area (Å²) >= 11 is 0. The molecule has 0 radical (unpaired) electrons. The molecule has 4 aromatic heterocycles. The van der Waals surface area contributed by atoms with Gasteiger partial charge < -0.3 is 10.3 Å². The molecule has 0 aliphatic carbocycles. The molecule has 42 heavy (non-hydrogen) atoms. The molecular weight excluding hydrogens is 562 g/mol. The molecule has 0 fully saturated rings. The minimum Gasteiger partial charge on any atom is -0.382 e. The number of pyridine rings is 2. The molecule has 2 aromatic carbocycles. The number of benzene rings is 2. The van der Waals surface area contributed by atoms with Gasteiger partial charge in [-0.25, -0.2) is 31.9 Å². The summed E-state index contributed by atoms with van der Waals surface area (Å²) < 4.78 is 55.3. The van der Waals surface area contributed by atoms with Crippen molar-refractivity contribution in [3.8, 4) is 33.8 Å². The van der Waals surface area contributed by atoms with E-state index in [1.807, 2.05) is 26.0 Å². The molecule has 6 aromatic rings. The minimum atomic E-state index is -3.46. The fourth-order valence-electron chi connectivity index (χ4n) is 4.81. The van der Waals surface area contributed by atoms with Gasteiger partial charge in [-0.15, -0.1) is 0 Å². The van der Waals surface area contributed by atoms with Crippen LogP contribution < -0.4 is 10.0 Å². The first kappa shape index (κ1) is 27.4. The fraction of sp³-hybridized carbons (Fsp3) is 0.172. The lowest BCUT2D eigenvalue weighted by Crippen LogP contribution is -2.21. The summed E-state index contributed by atoms with van der Waals surface area (Å²) in [4.78, 5) is 16.6. The van der Waals surface area contributed by atoms with Crippen molar-refractivity contribution in [1.82, 2.24) is 34.9 Å². The molecule has 0 unspecified atom stereocenters. The van der Waals surface area contributed by atoms with Crippen molar-refractivity contribution in [2.24, 2.45) is 0 Å². The van der Waals surface area contributed by atoms with E-state index in [9.17, 15) is 12.8 Å². The first-order valence-corrected chi connectivity index (χ1v) is 14.9. The number of anilines is 1. The number of hydrogen-bond donors (Lipinski definition) is 4. The number of hydrogen-bond acceptors (Lipinski definition) is 7. The van der Waals surface area contributed by atoms with E-state index in [1.165, 1.54) is 18.2 Å². The molecule has 0 saturated heterocycles. The van der Waals surface area contributed by atoms with Gasteiger partial charge in [0.25, 0.3) is 0 Å². The maximum Gasteiger partial charge on any atom is 0.209 e. The van der Waals surface area contributed by atoms with Crippen molar-refractivity contribution in [2.75, 3.05) is 11.6 Å². The van der Waals surface area contributed by atoms with Gasteiger partial charge in [-0.1, -0.05) is 0 Å². The number of sulfonamides is 1. The molecule has 10 nitrogen and oxygen atoms in total. The Kier molecular flexibility index (Phi) is 6.91. The average Bonchev–Trinajstić information content (AvgIpc) is 3.55. The maximum absolute atomic E-state index is 15.2. The molecule has 214 valence electrons. The lowest BCUT2D eigenvalue weighted by atomic mass is 10.0. The smallest absolute Gasteiger partial charge is 0.209 e. The zero-order chi connectivity index (χ0) is 29.6. The summed E-state index contributed by atoms with van der Waals surface area (Å²) in [6.45, 7) is 3.98. The standard InChI is InChI=1S/C29H26F2N8O2S/c1-15(2)35-21-9-19(13-32-14-21)17-10-23-25(24(31)11-17)38-39-27(23)29-36-26-22(4-5-33-28(26)37-29)18-6-16(7-20(30)8-18)12-34-42(3,40)41/h4-11,13-15,34-35H,12H2,1-3H3,(H,38,39)(H,33,36,37). The van der Waals surface area contributed by atoms with Crippen LogP contribution >= 0.6 is 0 Å². The Hall–Kier alpha value is -4.75. The van der Waals surface area contributed by atoms with Crippen LogP contribution in [0.25, 0.3) is 55.8 Å². The molecule has 4 heterocycles. The molecule has 4 N–H and O–H groups in total. The molecule has 0 spiro atoms. The van der Waals surface area contributed by atoms with E-state index in [0.29, 0.717) is 50.3 Å². The first-order chi connectivity index (χ1) is 20.0. The quantitative estimate of drug-likeness (QED) is 0.187. The van der Waals surface area contributed by atoms with Crippen molar-refractivity contribution in [2.45, 2.75) is 26.4 Å². The monoisotopic (exact) mass is 588 g/mol. The van der Waals surface area contributed by atoms with E-state index in [2.05, 4.69) is 35.2 Å². The third kappa shape index (κ3) is 5.56. The summed E-state index contributed by atoms with van der Waals surface area (Å²) in [6, 6.07) is 11.4. The number of rotatable bonds is 8. The lowest BCUT2D eigenvalue weighted by molar-refractivity contribution is 0.586. The number of aromatic nitrogens is 6. The van der Waals surface area contributed by atoms with E-state index in [-0.39, 0.29) is 18.1 Å². The predicted molar refractivity (Wildman–Crippen MR) is 158 cm³/mol. The van der Waals surface area contributed by atoms with E-state index >= 15 is 4.39 Å². The number of fused-ring (bicyclic) bond motifs is 2. The molecular formula is C29H26F2N8O2S. The van der Waals surface area contributed by atoms with E-state index < -0.39 is 21.7 Å². The number of H-pyrrole nitrogens is 2. The van der Waals surface area contributed by atoms with Gasteiger partial charge in [0.15, 0.2) is 11.5 Å². The Balaban J connectivity index is 1.43. The van der Waals surface area contributed by atoms with E-state index in [0.717, 1.165) is 17.5 Å². The molecule has 0 bridgehead atoms. The minimum absolute atomic E-state index is 0.0667. The second-order valence-corrected chi connectivity index (χ2v) is 12.1. The first-order valence-electron chi connectivity index (χ1n) is 13.0. The van der Waals surface area contributed by atoms with Crippen molar-refractivity contribution >= 4 is 37.8 Å². The number of nitrogens with one attached hydrogen (secondary N) is 4. The Morgan fingerprint density at radius 1 is 1.00 bits per heavy atom. The van der Waals surface area contributed by atoms with Gasteiger partial charge in [0, 0.05) is 47.7 Å². The summed E-state index contributed by atoms with van der Waals surface area (Å²) in [7, 11) is -3.46. The van der Waals surface area contributed by atoms with Gasteiger partial charge in [-0.2, -0.15) is 5.10 Å². The van der Waals surface area contributed by atoms with Crippen molar-refractivity contribution in [1.29, 1.82) is 0 Å². The molecule has 0 amide bonds. The Bertz CT molecular complexity index is 2070. The zero-order valence-corrected chi connectivity index (χ0v) is 23.6. The molecule has 0 aliphatic heterocycles. The summed E-state index contributed by atoms with van der Waals surface area (Å²) in [5.41, 5.74) is 5.16. The highest BCUT2D eigenvalue weighted by Crippen LogP contribution is 2.34. The van der Waals surface area contributed by atoms with Gasteiger partial charge in [-0.3, -0.25) is 10.1 Å². The van der Waals surface area contributed by atoms with Crippen molar-refractivity contribution in [3.05, 3.63) is 78.3 Å². The number of aromatic amines is 2. The summed E-state index contributed by atoms with van der Waals surface area (Å²) in [6.07, 6.45) is 5.98. The SMILES string of the molecule is CC(C)Nc1cncc(-c2cc(F)c3[nH]nc(-c4nc5c(-c6cc(F)cc(CNS(C)(=O)=O)c6)ccnc5[nH]4)c3c2)c1. The molecule has 0 saturated carbocycles. The van der Waals surface area contributed by atoms with Crippen LogP contribution in [0.5, 0.6) is 0 Å². The topological polar surface area (TPSA) is 141 Å². The van der Waals surface area contributed by atoms with E-state index in [4.69, 9.17) is 4.98 Å². The van der Waals surface area contributed by atoms with E-state index in [1.54, 1.807) is 30.7 Å². The highest BCUT2D eigenvalue weighted by atomic mass is 32.2. The largest absolute Gasteiger partial charge is 0.382 e.